The van der Waals surface area contributed by atoms with Gasteiger partial charge in [-0.3, -0.25) is 4.79 Å². The summed E-state index contributed by atoms with van der Waals surface area (Å²) in [6.07, 6.45) is 2.61. The number of carbonyl (C=O) groups is 1. The van der Waals surface area contributed by atoms with Crippen LogP contribution in [0.5, 0.6) is 5.75 Å². The van der Waals surface area contributed by atoms with Gasteiger partial charge in [0.25, 0.3) is 5.91 Å². The number of nitrogens with one attached hydrogen (secondary N) is 1. The van der Waals surface area contributed by atoms with Crippen LogP contribution >= 0.6 is 0 Å². The molecule has 2 fully saturated rings. The first kappa shape index (κ1) is 16.0. The summed E-state index contributed by atoms with van der Waals surface area (Å²) in [7, 11) is 1.62. The summed E-state index contributed by atoms with van der Waals surface area (Å²) >= 11 is 0. The van der Waals surface area contributed by atoms with E-state index in [1.165, 1.54) is 4.68 Å². The second kappa shape index (κ2) is 6.12. The normalized spacial score (nSPS) is 24.1. The van der Waals surface area contributed by atoms with Gasteiger partial charge in [0.2, 0.25) is 0 Å². The van der Waals surface area contributed by atoms with E-state index in [9.17, 15) is 9.90 Å². The minimum Gasteiger partial charge on any atom is -0.496 e. The summed E-state index contributed by atoms with van der Waals surface area (Å²) in [4.78, 5) is 12.6. The Kier molecular flexibility index (Phi) is 3.93. The van der Waals surface area contributed by atoms with E-state index in [-0.39, 0.29) is 24.2 Å². The molecule has 2 heterocycles. The van der Waals surface area contributed by atoms with Crippen molar-refractivity contribution in [2.75, 3.05) is 20.3 Å². The predicted molar refractivity (Wildman–Crippen MR) is 87.3 cm³/mol. The van der Waals surface area contributed by atoms with Crippen molar-refractivity contribution < 1.29 is 19.4 Å². The van der Waals surface area contributed by atoms with Crippen LogP contribution in [0.15, 0.2) is 30.5 Å². The van der Waals surface area contributed by atoms with E-state index in [4.69, 9.17) is 9.47 Å². The first-order valence-electron chi connectivity index (χ1n) is 8.27. The van der Waals surface area contributed by atoms with Gasteiger partial charge in [-0.15, -0.1) is 5.10 Å². The molecule has 25 heavy (non-hydrogen) atoms. The number of hydrogen-bond acceptors (Lipinski definition) is 6. The number of aromatic nitrogens is 3. The van der Waals surface area contributed by atoms with Crippen LogP contribution in [-0.2, 0) is 10.3 Å². The van der Waals surface area contributed by atoms with Crippen molar-refractivity contribution >= 4 is 5.91 Å². The molecule has 1 aliphatic carbocycles. The van der Waals surface area contributed by atoms with E-state index in [2.05, 4.69) is 15.6 Å². The van der Waals surface area contributed by atoms with Crippen molar-refractivity contribution in [1.82, 2.24) is 20.3 Å². The molecule has 0 bridgehead atoms. The number of hydrogen-bond donors (Lipinski definition) is 2. The number of ether oxygens (including phenoxy) is 2. The van der Waals surface area contributed by atoms with E-state index in [1.807, 2.05) is 24.3 Å². The SMILES string of the molecule is COc1ccccc1C1(NC(=O)c2cn([C@@H]3COC[C@H]3O)nn2)CC1. The highest BCUT2D eigenvalue weighted by Gasteiger charge is 2.48. The fourth-order valence-electron chi connectivity index (χ4n) is 3.24. The zero-order valence-electron chi connectivity index (χ0n) is 13.9. The number of carbonyl (C=O) groups excluding carboxylic acids is 1. The molecule has 1 saturated heterocycles. The quantitative estimate of drug-likeness (QED) is 0.826. The summed E-state index contributed by atoms with van der Waals surface area (Å²) < 4.78 is 12.1. The fraction of sp³-hybridized carbons (Fsp3) is 0.471. The minimum absolute atomic E-state index is 0.222. The van der Waals surface area contributed by atoms with Gasteiger partial charge in [-0.1, -0.05) is 23.4 Å². The number of aliphatic hydroxyl groups is 1. The van der Waals surface area contributed by atoms with Crippen molar-refractivity contribution in [2.24, 2.45) is 0 Å². The lowest BCUT2D eigenvalue weighted by Gasteiger charge is -2.19. The number of methoxy groups -OCH3 is 1. The maximum absolute atomic E-state index is 12.6. The highest BCUT2D eigenvalue weighted by molar-refractivity contribution is 5.92. The minimum atomic E-state index is -0.638. The maximum Gasteiger partial charge on any atom is 0.274 e. The Morgan fingerprint density at radius 3 is 2.88 bits per heavy atom. The molecule has 4 rings (SSSR count). The molecule has 1 saturated carbocycles. The van der Waals surface area contributed by atoms with E-state index in [0.717, 1.165) is 24.2 Å². The average Bonchev–Trinajstić information content (AvgIpc) is 3.04. The molecule has 132 valence electrons. The highest BCUT2D eigenvalue weighted by Crippen LogP contribution is 2.48. The van der Waals surface area contributed by atoms with Gasteiger partial charge in [0.1, 0.15) is 17.9 Å². The Morgan fingerprint density at radius 2 is 2.20 bits per heavy atom. The lowest BCUT2D eigenvalue weighted by Crippen LogP contribution is -2.35. The zero-order chi connectivity index (χ0) is 17.4. The van der Waals surface area contributed by atoms with Crippen molar-refractivity contribution in [3.8, 4) is 5.75 Å². The third-order valence-corrected chi connectivity index (χ3v) is 4.83. The molecule has 2 N–H and O–H groups in total. The number of rotatable bonds is 5. The molecule has 1 amide bonds. The average molecular weight is 344 g/mol. The van der Waals surface area contributed by atoms with E-state index >= 15 is 0 Å². The van der Waals surface area contributed by atoms with Crippen LogP contribution in [-0.4, -0.2) is 52.4 Å². The summed E-state index contributed by atoms with van der Waals surface area (Å²) in [6, 6.07) is 7.38. The third kappa shape index (κ3) is 2.87. The fourth-order valence-corrected chi connectivity index (χ4v) is 3.24. The van der Waals surface area contributed by atoms with Crippen LogP contribution in [0.2, 0.25) is 0 Å². The molecule has 1 aromatic carbocycles. The standard InChI is InChI=1S/C17H20N4O4/c1-24-15-5-3-2-4-11(15)17(6-7-17)18-16(23)12-8-21(20-19-12)13-9-25-10-14(13)22/h2-5,8,13-14,22H,6-7,9-10H2,1H3,(H,18,23)/t13-,14-/m1/s1. The lowest BCUT2D eigenvalue weighted by atomic mass is 10.0. The molecule has 0 spiro atoms. The van der Waals surface area contributed by atoms with Crippen LogP contribution in [0, 0.1) is 0 Å². The first-order valence-corrected chi connectivity index (χ1v) is 8.27. The van der Waals surface area contributed by atoms with Gasteiger partial charge < -0.3 is 19.9 Å². The monoisotopic (exact) mass is 344 g/mol. The van der Waals surface area contributed by atoms with Crippen molar-refractivity contribution in [3.63, 3.8) is 0 Å². The Hall–Kier alpha value is -2.45. The molecule has 0 unspecified atom stereocenters. The Morgan fingerprint density at radius 1 is 1.40 bits per heavy atom. The number of para-hydroxylation sites is 1. The topological polar surface area (TPSA) is 98.5 Å². The zero-order valence-corrected chi connectivity index (χ0v) is 13.9. The molecule has 2 aliphatic rings. The van der Waals surface area contributed by atoms with Crippen LogP contribution < -0.4 is 10.1 Å². The summed E-state index contributed by atoms with van der Waals surface area (Å²) in [6.45, 7) is 0.625. The van der Waals surface area contributed by atoms with Gasteiger partial charge in [0.15, 0.2) is 5.69 Å². The predicted octanol–water partition coefficient (Wildman–Crippen LogP) is 0.638. The number of benzene rings is 1. The van der Waals surface area contributed by atoms with E-state index in [1.54, 1.807) is 13.3 Å². The van der Waals surface area contributed by atoms with Crippen LogP contribution in [0.1, 0.15) is 34.9 Å². The highest BCUT2D eigenvalue weighted by atomic mass is 16.5. The molecular formula is C17H20N4O4. The van der Waals surface area contributed by atoms with Gasteiger partial charge in [0.05, 0.1) is 32.1 Å². The molecule has 8 heteroatoms. The van der Waals surface area contributed by atoms with Gasteiger partial charge in [0, 0.05) is 5.56 Å². The van der Waals surface area contributed by atoms with Gasteiger partial charge >= 0.3 is 0 Å². The Balaban J connectivity index is 1.52. The third-order valence-electron chi connectivity index (χ3n) is 4.83. The summed E-state index contributed by atoms with van der Waals surface area (Å²) in [5, 5.41) is 20.8. The van der Waals surface area contributed by atoms with Crippen molar-refractivity contribution in [3.05, 3.63) is 41.7 Å². The van der Waals surface area contributed by atoms with E-state index in [0.29, 0.717) is 6.61 Å². The molecule has 2 aromatic rings. The molecule has 1 aromatic heterocycles. The van der Waals surface area contributed by atoms with Gasteiger partial charge in [-0.25, -0.2) is 4.68 Å². The summed E-state index contributed by atoms with van der Waals surface area (Å²) in [5.74, 6) is 0.471. The number of amides is 1. The molecule has 1 aliphatic heterocycles. The number of aliphatic hydroxyl groups excluding tert-OH is 1. The first-order chi connectivity index (χ1) is 12.1. The maximum atomic E-state index is 12.6. The smallest absolute Gasteiger partial charge is 0.274 e. The summed E-state index contributed by atoms with van der Waals surface area (Å²) in [5.41, 5.74) is 0.779. The number of nitrogens with zero attached hydrogens (tertiary/aromatic N) is 3. The van der Waals surface area contributed by atoms with Crippen LogP contribution in [0.3, 0.4) is 0 Å². The van der Waals surface area contributed by atoms with Crippen LogP contribution in [0.25, 0.3) is 0 Å². The molecular weight excluding hydrogens is 324 g/mol. The second-order valence-corrected chi connectivity index (χ2v) is 6.49. The van der Waals surface area contributed by atoms with Gasteiger partial charge in [-0.05, 0) is 18.9 Å². The Labute approximate surface area is 144 Å². The molecule has 8 nitrogen and oxygen atoms in total. The van der Waals surface area contributed by atoms with E-state index < -0.39 is 11.6 Å². The molecule has 0 radical (unpaired) electrons. The second-order valence-electron chi connectivity index (χ2n) is 6.49. The molecule has 2 atom stereocenters. The Bertz CT molecular complexity index is 786. The van der Waals surface area contributed by atoms with Crippen LogP contribution in [0.4, 0.5) is 0 Å². The largest absolute Gasteiger partial charge is 0.496 e. The van der Waals surface area contributed by atoms with Crippen molar-refractivity contribution in [2.45, 2.75) is 30.5 Å². The van der Waals surface area contributed by atoms with Crippen molar-refractivity contribution in [1.29, 1.82) is 0 Å². The van der Waals surface area contributed by atoms with Gasteiger partial charge in [-0.2, -0.15) is 0 Å². The lowest BCUT2D eigenvalue weighted by molar-refractivity contribution is 0.0924.